The molecule has 2 saturated carbocycles. The molecule has 0 radical (unpaired) electrons. The Bertz CT molecular complexity index is 1200. The van der Waals surface area contributed by atoms with E-state index in [2.05, 4.69) is 6.92 Å². The van der Waals surface area contributed by atoms with Crippen molar-refractivity contribution < 1.29 is 17.6 Å². The molecule has 3 aliphatic rings. The zero-order chi connectivity index (χ0) is 27.5. The maximum absolute atomic E-state index is 15.7. The first-order valence-corrected chi connectivity index (χ1v) is 15.3. The van der Waals surface area contributed by atoms with Gasteiger partial charge in [0.15, 0.2) is 11.6 Å². The molecule has 0 saturated heterocycles. The molecule has 5 heteroatoms. The molecule has 1 atom stereocenters. The van der Waals surface area contributed by atoms with Crippen LogP contribution in [-0.4, -0.2) is 0 Å². The van der Waals surface area contributed by atoms with Gasteiger partial charge in [-0.25, -0.2) is 17.6 Å². The van der Waals surface area contributed by atoms with Crippen LogP contribution in [0.2, 0.25) is 0 Å². The third-order valence-corrected chi connectivity index (χ3v) is 10.2. The van der Waals surface area contributed by atoms with E-state index in [1.165, 1.54) is 57.1 Å². The molecule has 0 aliphatic heterocycles. The first kappa shape index (κ1) is 28.2. The summed E-state index contributed by atoms with van der Waals surface area (Å²) in [6.45, 7) is 2.27. The van der Waals surface area contributed by atoms with E-state index in [1.807, 2.05) is 0 Å². The number of benzene rings is 2. The first-order valence-electron chi connectivity index (χ1n) is 15.3. The molecule has 210 valence electrons. The maximum Gasteiger partial charge on any atom is 0.176 e. The van der Waals surface area contributed by atoms with E-state index in [1.54, 1.807) is 12.1 Å². The molecule has 5 rings (SSSR count). The fourth-order valence-electron chi connectivity index (χ4n) is 7.91. The Morgan fingerprint density at radius 1 is 0.744 bits per heavy atom. The van der Waals surface area contributed by atoms with Gasteiger partial charge in [0.1, 0.15) is 17.7 Å². The van der Waals surface area contributed by atoms with Gasteiger partial charge in [-0.2, -0.15) is 5.26 Å². The van der Waals surface area contributed by atoms with Gasteiger partial charge in [0.05, 0.1) is 5.56 Å². The topological polar surface area (TPSA) is 23.8 Å². The van der Waals surface area contributed by atoms with Crippen LogP contribution in [0.1, 0.15) is 130 Å². The van der Waals surface area contributed by atoms with Gasteiger partial charge in [0.25, 0.3) is 0 Å². The molecule has 0 N–H and O–H groups in total. The summed E-state index contributed by atoms with van der Waals surface area (Å²) >= 11 is 0. The fourth-order valence-corrected chi connectivity index (χ4v) is 7.91. The molecule has 1 nitrogen and oxygen atoms in total. The average Bonchev–Trinajstić information content (AvgIpc) is 2.94. The van der Waals surface area contributed by atoms with Crippen molar-refractivity contribution in [3.8, 4) is 6.07 Å². The number of hydrogen-bond acceptors (Lipinski definition) is 1. The first-order chi connectivity index (χ1) is 18.9. The highest BCUT2D eigenvalue weighted by atomic mass is 19.2. The van der Waals surface area contributed by atoms with Crippen molar-refractivity contribution in [2.75, 3.05) is 0 Å². The van der Waals surface area contributed by atoms with Crippen LogP contribution in [0.25, 0.3) is 0 Å². The molecular weight excluding hydrogens is 498 g/mol. The lowest BCUT2D eigenvalue weighted by Gasteiger charge is -2.32. The van der Waals surface area contributed by atoms with Crippen LogP contribution in [0.5, 0.6) is 0 Å². The molecule has 2 fully saturated rings. The van der Waals surface area contributed by atoms with Crippen LogP contribution >= 0.6 is 0 Å². The molecule has 0 spiro atoms. The molecule has 3 aliphatic carbocycles. The van der Waals surface area contributed by atoms with Crippen LogP contribution in [0.15, 0.2) is 18.2 Å². The Kier molecular flexibility index (Phi) is 8.99. The summed E-state index contributed by atoms with van der Waals surface area (Å²) in [5, 5.41) is 8.93. The number of nitrogens with zero attached hydrogens (tertiary/aromatic N) is 1. The summed E-state index contributed by atoms with van der Waals surface area (Å²) in [5.74, 6) is -1.11. The highest BCUT2D eigenvalue weighted by molar-refractivity contribution is 5.40. The average molecular weight is 540 g/mol. The maximum atomic E-state index is 15.7. The van der Waals surface area contributed by atoms with Crippen molar-refractivity contribution in [3.63, 3.8) is 0 Å². The second-order valence-corrected chi connectivity index (χ2v) is 12.6. The summed E-state index contributed by atoms with van der Waals surface area (Å²) in [4.78, 5) is 0. The predicted molar refractivity (Wildman–Crippen MR) is 146 cm³/mol. The van der Waals surface area contributed by atoms with E-state index in [0.717, 1.165) is 36.7 Å². The smallest absolute Gasteiger partial charge is 0.176 e. The van der Waals surface area contributed by atoms with E-state index < -0.39 is 17.5 Å². The Morgan fingerprint density at radius 2 is 1.38 bits per heavy atom. The minimum absolute atomic E-state index is 0.195. The van der Waals surface area contributed by atoms with Crippen molar-refractivity contribution >= 4 is 0 Å². The molecule has 0 aromatic heterocycles. The normalized spacial score (nSPS) is 27.1. The predicted octanol–water partition coefficient (Wildman–Crippen LogP) is 10.0. The highest BCUT2D eigenvalue weighted by Gasteiger charge is 2.33. The molecule has 2 aromatic rings. The lowest BCUT2D eigenvalue weighted by molar-refractivity contribution is 0.235. The van der Waals surface area contributed by atoms with Gasteiger partial charge in [-0.15, -0.1) is 0 Å². The van der Waals surface area contributed by atoms with Crippen LogP contribution in [0.3, 0.4) is 0 Å². The molecule has 39 heavy (non-hydrogen) atoms. The van der Waals surface area contributed by atoms with Crippen LogP contribution < -0.4 is 0 Å². The number of rotatable bonds is 7. The van der Waals surface area contributed by atoms with Gasteiger partial charge in [0.2, 0.25) is 0 Å². The summed E-state index contributed by atoms with van der Waals surface area (Å²) in [6, 6.07) is 6.05. The Balaban J connectivity index is 1.19. The summed E-state index contributed by atoms with van der Waals surface area (Å²) in [7, 11) is 0. The summed E-state index contributed by atoms with van der Waals surface area (Å²) in [5.41, 5.74) is 1.70. The quantitative estimate of drug-likeness (QED) is 0.321. The van der Waals surface area contributed by atoms with Crippen LogP contribution in [0.4, 0.5) is 17.6 Å². The van der Waals surface area contributed by atoms with Gasteiger partial charge in [0, 0.05) is 5.56 Å². The van der Waals surface area contributed by atoms with Gasteiger partial charge in [-0.3, -0.25) is 0 Å². The minimum Gasteiger partial charge on any atom is -0.207 e. The third kappa shape index (κ3) is 6.06. The monoisotopic (exact) mass is 539 g/mol. The third-order valence-electron chi connectivity index (χ3n) is 10.2. The molecule has 0 heterocycles. The molecule has 2 aromatic carbocycles. The van der Waals surface area contributed by atoms with Crippen molar-refractivity contribution in [2.24, 2.45) is 17.8 Å². The van der Waals surface area contributed by atoms with E-state index in [-0.39, 0.29) is 34.3 Å². The summed E-state index contributed by atoms with van der Waals surface area (Å²) in [6.07, 6.45) is 15.0. The lowest BCUT2D eigenvalue weighted by atomic mass is 9.73. The number of halogens is 4. The Morgan fingerprint density at radius 3 is 2.05 bits per heavy atom. The molecule has 1 unspecified atom stereocenters. The van der Waals surface area contributed by atoms with E-state index in [9.17, 15) is 8.78 Å². The second-order valence-electron chi connectivity index (χ2n) is 12.6. The number of fused-ring (bicyclic) bond motifs is 1. The standard InChI is InChI=1S/C34H41F4N/c1-2-3-21-4-6-22(7-5-21)8-9-23-10-16-29-27(18-23)19-30(35)31(33(29)37)25-13-11-24(12-14-25)28-17-15-26(20-39)32(36)34(28)38/h15,17,19,21-25H,2-14,16,18H2,1H3. The second kappa shape index (κ2) is 12.4. The van der Waals surface area contributed by atoms with Crippen molar-refractivity contribution in [2.45, 2.75) is 115 Å². The van der Waals surface area contributed by atoms with Crippen molar-refractivity contribution in [1.29, 1.82) is 5.26 Å². The minimum atomic E-state index is -1.11. The van der Waals surface area contributed by atoms with Crippen LogP contribution in [-0.2, 0) is 12.8 Å². The molecular formula is C34H41F4N. The molecule has 0 amide bonds. The van der Waals surface area contributed by atoms with Gasteiger partial charge in [-0.05, 0) is 110 Å². The Labute approximate surface area is 231 Å². The summed E-state index contributed by atoms with van der Waals surface area (Å²) < 4.78 is 59.8. The van der Waals surface area contributed by atoms with Gasteiger partial charge in [-0.1, -0.05) is 57.9 Å². The highest BCUT2D eigenvalue weighted by Crippen LogP contribution is 2.45. The zero-order valence-corrected chi connectivity index (χ0v) is 23.2. The largest absolute Gasteiger partial charge is 0.207 e. The van der Waals surface area contributed by atoms with E-state index >= 15 is 8.78 Å². The van der Waals surface area contributed by atoms with Gasteiger partial charge >= 0.3 is 0 Å². The lowest BCUT2D eigenvalue weighted by Crippen LogP contribution is -2.21. The van der Waals surface area contributed by atoms with Gasteiger partial charge < -0.3 is 0 Å². The Hall–Kier alpha value is -2.35. The SMILES string of the molecule is CCCC1CCC(CCC2CCc3c(cc(F)c(C4CCC(c5ccc(C#N)c(F)c5F)CC4)c3F)C2)CC1. The zero-order valence-electron chi connectivity index (χ0n) is 23.2. The van der Waals surface area contributed by atoms with Crippen molar-refractivity contribution in [3.05, 3.63) is 69.3 Å². The van der Waals surface area contributed by atoms with Crippen LogP contribution in [0, 0.1) is 52.4 Å². The van der Waals surface area contributed by atoms with E-state index in [0.29, 0.717) is 43.6 Å². The van der Waals surface area contributed by atoms with Crippen molar-refractivity contribution in [1.82, 2.24) is 0 Å². The van der Waals surface area contributed by atoms with E-state index in [4.69, 9.17) is 5.26 Å². The molecule has 0 bridgehead atoms. The number of hydrogen-bond donors (Lipinski definition) is 0. The fraction of sp³-hybridized carbons (Fsp3) is 0.618. The number of nitriles is 1.